The summed E-state index contributed by atoms with van der Waals surface area (Å²) < 4.78 is 30.1. The Morgan fingerprint density at radius 2 is 2.00 bits per heavy atom. The first-order valence-corrected chi connectivity index (χ1v) is 9.85. The predicted molar refractivity (Wildman–Crippen MR) is 100 cm³/mol. The number of piperidine rings is 1. The number of sulfone groups is 1. The van der Waals surface area contributed by atoms with E-state index in [0.717, 1.165) is 12.8 Å². The zero-order valence-electron chi connectivity index (χ0n) is 14.9. The molecule has 8 heteroatoms. The van der Waals surface area contributed by atoms with Gasteiger partial charge in [-0.3, -0.25) is 4.79 Å². The third-order valence-electron chi connectivity index (χ3n) is 4.45. The molecule has 0 saturated carbocycles. The molecule has 0 spiro atoms. The lowest BCUT2D eigenvalue weighted by atomic mass is 10.0. The van der Waals surface area contributed by atoms with E-state index in [0.29, 0.717) is 18.8 Å². The SMILES string of the molecule is CNC1CCCN(C(=O)C(C)CS(=O)(=O)c2ccc(OC)cc2)C1.Cl. The summed E-state index contributed by atoms with van der Waals surface area (Å²) in [5.41, 5.74) is 0. The molecular formula is C17H27ClN2O4S. The fraction of sp³-hybridized carbons (Fsp3) is 0.588. The maximum Gasteiger partial charge on any atom is 0.226 e. The molecule has 1 aliphatic heterocycles. The van der Waals surface area contributed by atoms with Gasteiger partial charge in [0.15, 0.2) is 9.84 Å². The van der Waals surface area contributed by atoms with Gasteiger partial charge in [0.1, 0.15) is 5.75 Å². The Kier molecular flexibility index (Phi) is 8.18. The highest BCUT2D eigenvalue weighted by Crippen LogP contribution is 2.20. The van der Waals surface area contributed by atoms with Gasteiger partial charge in [-0.1, -0.05) is 6.92 Å². The lowest BCUT2D eigenvalue weighted by Crippen LogP contribution is -2.49. The molecular weight excluding hydrogens is 364 g/mol. The molecule has 1 amide bonds. The molecule has 1 heterocycles. The molecule has 1 aliphatic rings. The van der Waals surface area contributed by atoms with Crippen LogP contribution >= 0.6 is 12.4 Å². The fourth-order valence-electron chi connectivity index (χ4n) is 3.00. The van der Waals surface area contributed by atoms with Gasteiger partial charge in [-0.25, -0.2) is 8.42 Å². The van der Waals surface area contributed by atoms with Gasteiger partial charge in [0, 0.05) is 25.0 Å². The summed E-state index contributed by atoms with van der Waals surface area (Å²) in [6.07, 6.45) is 1.98. The number of hydrogen-bond donors (Lipinski definition) is 1. The molecule has 0 aliphatic carbocycles. The number of likely N-dealkylation sites (N-methyl/N-ethyl adjacent to an activating group) is 1. The number of ether oxygens (including phenoxy) is 1. The molecule has 0 radical (unpaired) electrons. The summed E-state index contributed by atoms with van der Waals surface area (Å²) in [5.74, 6) is -0.233. The third kappa shape index (κ3) is 5.59. The van der Waals surface area contributed by atoms with Crippen molar-refractivity contribution >= 4 is 28.2 Å². The van der Waals surface area contributed by atoms with E-state index in [1.54, 1.807) is 24.0 Å². The van der Waals surface area contributed by atoms with Gasteiger partial charge < -0.3 is 15.0 Å². The van der Waals surface area contributed by atoms with Crippen molar-refractivity contribution in [3.63, 3.8) is 0 Å². The Balaban J connectivity index is 0.00000312. The van der Waals surface area contributed by atoms with Crippen molar-refractivity contribution in [2.45, 2.75) is 30.7 Å². The maximum absolute atomic E-state index is 12.6. The second-order valence-corrected chi connectivity index (χ2v) is 8.30. The van der Waals surface area contributed by atoms with Gasteiger partial charge in [0.2, 0.25) is 5.91 Å². The van der Waals surface area contributed by atoms with E-state index in [2.05, 4.69) is 5.32 Å². The zero-order chi connectivity index (χ0) is 17.7. The first kappa shape index (κ1) is 21.7. The molecule has 1 saturated heterocycles. The second kappa shape index (κ2) is 9.40. The molecule has 1 N–H and O–H groups in total. The molecule has 142 valence electrons. The lowest BCUT2D eigenvalue weighted by Gasteiger charge is -2.34. The Hall–Kier alpha value is -1.31. The van der Waals surface area contributed by atoms with Crippen molar-refractivity contribution in [2.75, 3.05) is 33.0 Å². The standard InChI is InChI=1S/C17H26N2O4S.ClH/c1-13(17(20)19-10-4-5-14(11-19)18-2)12-24(21,22)16-8-6-15(23-3)7-9-16;/h6-9,13-14,18H,4-5,10-12H2,1-3H3;1H. The van der Waals surface area contributed by atoms with Crippen molar-refractivity contribution in [3.05, 3.63) is 24.3 Å². The van der Waals surface area contributed by atoms with Crippen LogP contribution in [-0.2, 0) is 14.6 Å². The number of nitrogens with zero attached hydrogens (tertiary/aromatic N) is 1. The highest BCUT2D eigenvalue weighted by Gasteiger charge is 2.29. The molecule has 0 bridgehead atoms. The number of hydrogen-bond acceptors (Lipinski definition) is 5. The molecule has 6 nitrogen and oxygen atoms in total. The topological polar surface area (TPSA) is 75.7 Å². The van der Waals surface area contributed by atoms with Crippen LogP contribution in [0.1, 0.15) is 19.8 Å². The number of nitrogens with one attached hydrogen (secondary N) is 1. The molecule has 1 aromatic rings. The summed E-state index contributed by atoms with van der Waals surface area (Å²) in [6.45, 7) is 3.03. The number of carbonyl (C=O) groups excluding carboxylic acids is 1. The molecule has 25 heavy (non-hydrogen) atoms. The minimum Gasteiger partial charge on any atom is -0.497 e. The largest absolute Gasteiger partial charge is 0.497 e. The highest BCUT2D eigenvalue weighted by atomic mass is 35.5. The van der Waals surface area contributed by atoms with Crippen LogP contribution in [0, 0.1) is 5.92 Å². The van der Waals surface area contributed by atoms with Gasteiger partial charge in [0.25, 0.3) is 0 Å². The minimum absolute atomic E-state index is 0. The average molecular weight is 391 g/mol. The molecule has 2 unspecified atom stereocenters. The Labute approximate surface area is 156 Å². The molecule has 0 aromatic heterocycles. The van der Waals surface area contributed by atoms with Crippen molar-refractivity contribution in [3.8, 4) is 5.75 Å². The van der Waals surface area contributed by atoms with E-state index in [4.69, 9.17) is 4.74 Å². The number of amides is 1. The summed E-state index contributed by atoms with van der Waals surface area (Å²) in [5, 5.41) is 3.19. The van der Waals surface area contributed by atoms with Gasteiger partial charge in [-0.15, -0.1) is 12.4 Å². The van der Waals surface area contributed by atoms with Crippen molar-refractivity contribution < 1.29 is 17.9 Å². The van der Waals surface area contributed by atoms with Crippen molar-refractivity contribution in [1.29, 1.82) is 0 Å². The summed E-state index contributed by atoms with van der Waals surface area (Å²) in [6, 6.07) is 6.54. The predicted octanol–water partition coefficient (Wildman–Crippen LogP) is 1.74. The smallest absolute Gasteiger partial charge is 0.226 e. The quantitative estimate of drug-likeness (QED) is 0.800. The summed E-state index contributed by atoms with van der Waals surface area (Å²) >= 11 is 0. The van der Waals surface area contributed by atoms with E-state index in [9.17, 15) is 13.2 Å². The van der Waals surface area contributed by atoms with Crippen LogP contribution in [0.5, 0.6) is 5.75 Å². The number of likely N-dealkylation sites (tertiary alicyclic amines) is 1. The van der Waals surface area contributed by atoms with E-state index >= 15 is 0 Å². The van der Waals surface area contributed by atoms with E-state index in [-0.39, 0.29) is 35.0 Å². The number of rotatable bonds is 6. The molecule has 1 fully saturated rings. The molecule has 2 atom stereocenters. The van der Waals surface area contributed by atoms with Crippen LogP contribution in [0.2, 0.25) is 0 Å². The number of benzene rings is 1. The van der Waals surface area contributed by atoms with Gasteiger partial charge in [-0.2, -0.15) is 0 Å². The first-order valence-electron chi connectivity index (χ1n) is 8.20. The van der Waals surface area contributed by atoms with Crippen molar-refractivity contribution in [1.82, 2.24) is 10.2 Å². The van der Waals surface area contributed by atoms with Crippen LogP contribution < -0.4 is 10.1 Å². The minimum atomic E-state index is -3.51. The van der Waals surface area contributed by atoms with E-state index in [1.807, 2.05) is 7.05 Å². The monoisotopic (exact) mass is 390 g/mol. The van der Waals surface area contributed by atoms with Crippen molar-refractivity contribution in [2.24, 2.45) is 5.92 Å². The van der Waals surface area contributed by atoms with Crippen LogP contribution in [0.15, 0.2) is 29.2 Å². The van der Waals surface area contributed by atoms with Gasteiger partial charge in [0.05, 0.1) is 17.8 Å². The van der Waals surface area contributed by atoms with Crippen LogP contribution in [0.3, 0.4) is 0 Å². The van der Waals surface area contributed by atoms with Crippen LogP contribution in [0.25, 0.3) is 0 Å². The lowest BCUT2D eigenvalue weighted by molar-refractivity contribution is -0.135. The summed E-state index contributed by atoms with van der Waals surface area (Å²) in [4.78, 5) is 14.6. The number of carbonyl (C=O) groups is 1. The number of methoxy groups -OCH3 is 1. The van der Waals surface area contributed by atoms with Crippen LogP contribution in [0.4, 0.5) is 0 Å². The zero-order valence-corrected chi connectivity index (χ0v) is 16.5. The van der Waals surface area contributed by atoms with Gasteiger partial charge >= 0.3 is 0 Å². The number of halogens is 1. The third-order valence-corrected chi connectivity index (χ3v) is 6.38. The second-order valence-electron chi connectivity index (χ2n) is 6.27. The first-order chi connectivity index (χ1) is 11.4. The summed E-state index contributed by atoms with van der Waals surface area (Å²) in [7, 11) is -0.0918. The van der Waals surface area contributed by atoms with Crippen LogP contribution in [-0.4, -0.2) is 58.3 Å². The fourth-order valence-corrected chi connectivity index (χ4v) is 4.55. The maximum atomic E-state index is 12.6. The normalized spacial score (nSPS) is 19.0. The molecule has 2 rings (SSSR count). The Bertz CT molecular complexity index is 664. The Morgan fingerprint density at radius 3 is 2.56 bits per heavy atom. The van der Waals surface area contributed by atoms with Gasteiger partial charge in [-0.05, 0) is 44.2 Å². The van der Waals surface area contributed by atoms with E-state index < -0.39 is 15.8 Å². The molecule has 1 aromatic carbocycles. The van der Waals surface area contributed by atoms with E-state index in [1.165, 1.54) is 19.2 Å². The highest BCUT2D eigenvalue weighted by molar-refractivity contribution is 7.91. The Morgan fingerprint density at radius 1 is 1.36 bits per heavy atom. The average Bonchev–Trinajstić information content (AvgIpc) is 2.60.